The number of nitrogens with one attached hydrogen (secondary N) is 1. The Bertz CT molecular complexity index is 220. The molecule has 0 radical (unpaired) electrons. The maximum absolute atomic E-state index is 11.3. The van der Waals surface area contributed by atoms with Gasteiger partial charge in [0.1, 0.15) is 0 Å². The zero-order valence-corrected chi connectivity index (χ0v) is 9.25. The Morgan fingerprint density at radius 2 is 1.80 bits per heavy atom. The van der Waals surface area contributed by atoms with E-state index < -0.39 is 11.9 Å². The number of esters is 1. The molecule has 1 rings (SSSR count). The van der Waals surface area contributed by atoms with Crippen molar-refractivity contribution in [3.63, 3.8) is 0 Å². The molecule has 15 heavy (non-hydrogen) atoms. The minimum atomic E-state index is -0.762. The smallest absolute Gasteiger partial charge is 0.396 e. The molecule has 0 atom stereocenters. The first-order chi connectivity index (χ1) is 7.24. The molecule has 4 heteroatoms. The van der Waals surface area contributed by atoms with Gasteiger partial charge in [0.25, 0.3) is 0 Å². The molecule has 0 saturated heterocycles. The van der Waals surface area contributed by atoms with Crippen molar-refractivity contribution in [2.45, 2.75) is 51.5 Å². The van der Waals surface area contributed by atoms with Crippen LogP contribution in [0.1, 0.15) is 45.4 Å². The first-order valence-corrected chi connectivity index (χ1v) is 5.71. The second-order valence-corrected chi connectivity index (χ2v) is 3.88. The summed E-state index contributed by atoms with van der Waals surface area (Å²) in [6.45, 7) is 1.94. The zero-order chi connectivity index (χ0) is 11.1. The van der Waals surface area contributed by atoms with Crippen molar-refractivity contribution in [3.05, 3.63) is 0 Å². The van der Waals surface area contributed by atoms with E-state index in [1.807, 2.05) is 0 Å². The Morgan fingerprint density at radius 3 is 2.33 bits per heavy atom. The van der Waals surface area contributed by atoms with E-state index in [0.717, 1.165) is 25.7 Å². The molecule has 0 spiro atoms. The van der Waals surface area contributed by atoms with Gasteiger partial charge in [-0.1, -0.05) is 25.7 Å². The Labute approximate surface area is 90.4 Å². The molecule has 0 aromatic rings. The molecule has 86 valence electrons. The van der Waals surface area contributed by atoms with Crippen LogP contribution in [0.5, 0.6) is 0 Å². The summed E-state index contributed by atoms with van der Waals surface area (Å²) in [4.78, 5) is 22.4. The van der Waals surface area contributed by atoms with Gasteiger partial charge in [0.05, 0.1) is 6.61 Å². The van der Waals surface area contributed by atoms with Crippen molar-refractivity contribution in [1.29, 1.82) is 0 Å². The molecule has 1 aliphatic rings. The Morgan fingerprint density at radius 1 is 1.20 bits per heavy atom. The van der Waals surface area contributed by atoms with Gasteiger partial charge in [-0.05, 0) is 19.8 Å². The van der Waals surface area contributed by atoms with E-state index in [1.165, 1.54) is 12.8 Å². The van der Waals surface area contributed by atoms with Gasteiger partial charge in [0.2, 0.25) is 0 Å². The van der Waals surface area contributed by atoms with Gasteiger partial charge in [0, 0.05) is 6.04 Å². The summed E-state index contributed by atoms with van der Waals surface area (Å²) in [6, 6.07) is 0.157. The second-order valence-electron chi connectivity index (χ2n) is 3.88. The van der Waals surface area contributed by atoms with Crippen LogP contribution in [0.15, 0.2) is 0 Å². The fourth-order valence-corrected chi connectivity index (χ4v) is 1.86. The molecule has 1 fully saturated rings. The number of hydrogen-bond acceptors (Lipinski definition) is 3. The highest BCUT2D eigenvalue weighted by Crippen LogP contribution is 2.16. The average Bonchev–Trinajstić information content (AvgIpc) is 2.46. The van der Waals surface area contributed by atoms with Crippen LogP contribution in [0.25, 0.3) is 0 Å². The molecule has 0 unspecified atom stereocenters. The van der Waals surface area contributed by atoms with E-state index >= 15 is 0 Å². The summed E-state index contributed by atoms with van der Waals surface area (Å²) in [5.74, 6) is -1.36. The van der Waals surface area contributed by atoms with Crippen LogP contribution in [0.2, 0.25) is 0 Å². The molecule has 0 aliphatic heterocycles. The lowest BCUT2D eigenvalue weighted by Gasteiger charge is -2.14. The van der Waals surface area contributed by atoms with Crippen LogP contribution in [0.3, 0.4) is 0 Å². The second kappa shape index (κ2) is 6.43. The highest BCUT2D eigenvalue weighted by Gasteiger charge is 2.20. The fourth-order valence-electron chi connectivity index (χ4n) is 1.86. The van der Waals surface area contributed by atoms with Crippen molar-refractivity contribution in [2.75, 3.05) is 6.61 Å². The minimum absolute atomic E-state index is 0.157. The third kappa shape index (κ3) is 4.32. The van der Waals surface area contributed by atoms with Gasteiger partial charge in [-0.2, -0.15) is 0 Å². The van der Waals surface area contributed by atoms with Crippen LogP contribution in [-0.4, -0.2) is 24.5 Å². The van der Waals surface area contributed by atoms with Crippen molar-refractivity contribution < 1.29 is 14.3 Å². The SMILES string of the molecule is CCOC(=O)C(=O)NC1CCCCCC1. The maximum atomic E-state index is 11.3. The molecule has 0 heterocycles. The summed E-state index contributed by atoms with van der Waals surface area (Å²) in [5.41, 5.74) is 0. The first kappa shape index (κ1) is 12.0. The third-order valence-corrected chi connectivity index (χ3v) is 2.65. The molecule has 1 N–H and O–H groups in total. The Kier molecular flexibility index (Phi) is 5.15. The molecular weight excluding hydrogens is 194 g/mol. The third-order valence-electron chi connectivity index (χ3n) is 2.65. The Hall–Kier alpha value is -1.06. The predicted molar refractivity (Wildman–Crippen MR) is 56.3 cm³/mol. The van der Waals surface area contributed by atoms with Gasteiger partial charge in [-0.15, -0.1) is 0 Å². The van der Waals surface area contributed by atoms with E-state index in [-0.39, 0.29) is 12.6 Å². The molecule has 0 aromatic heterocycles. The normalized spacial score (nSPS) is 17.9. The van der Waals surface area contributed by atoms with E-state index in [9.17, 15) is 9.59 Å². The number of rotatable bonds is 2. The lowest BCUT2D eigenvalue weighted by atomic mass is 10.1. The van der Waals surface area contributed by atoms with E-state index in [1.54, 1.807) is 6.92 Å². The van der Waals surface area contributed by atoms with Gasteiger partial charge >= 0.3 is 11.9 Å². The molecule has 0 bridgehead atoms. The van der Waals surface area contributed by atoms with Crippen LogP contribution in [-0.2, 0) is 14.3 Å². The highest BCUT2D eigenvalue weighted by molar-refractivity contribution is 6.32. The number of carbonyl (C=O) groups is 2. The summed E-state index contributed by atoms with van der Waals surface area (Å²) in [5, 5.41) is 2.73. The minimum Gasteiger partial charge on any atom is -0.459 e. The Balaban J connectivity index is 2.32. The topological polar surface area (TPSA) is 55.4 Å². The van der Waals surface area contributed by atoms with E-state index in [4.69, 9.17) is 0 Å². The molecule has 4 nitrogen and oxygen atoms in total. The predicted octanol–water partition coefficient (Wildman–Crippen LogP) is 1.39. The summed E-state index contributed by atoms with van der Waals surface area (Å²) < 4.78 is 4.63. The summed E-state index contributed by atoms with van der Waals surface area (Å²) in [6.07, 6.45) is 6.68. The molecule has 1 saturated carbocycles. The molecule has 1 aliphatic carbocycles. The van der Waals surface area contributed by atoms with Gasteiger partial charge < -0.3 is 10.1 Å². The van der Waals surface area contributed by atoms with Gasteiger partial charge in [-0.3, -0.25) is 4.79 Å². The zero-order valence-electron chi connectivity index (χ0n) is 9.25. The highest BCUT2D eigenvalue weighted by atomic mass is 16.5. The van der Waals surface area contributed by atoms with E-state index in [0.29, 0.717) is 0 Å². The van der Waals surface area contributed by atoms with Crippen molar-refractivity contribution in [1.82, 2.24) is 5.32 Å². The number of hydrogen-bond donors (Lipinski definition) is 1. The van der Waals surface area contributed by atoms with Crippen LogP contribution < -0.4 is 5.32 Å². The standard InChI is InChI=1S/C11H19NO3/c1-2-15-11(14)10(13)12-9-7-5-3-4-6-8-9/h9H,2-8H2,1H3,(H,12,13). The molecular formula is C11H19NO3. The fraction of sp³-hybridized carbons (Fsp3) is 0.818. The van der Waals surface area contributed by atoms with Crippen molar-refractivity contribution in [2.24, 2.45) is 0 Å². The lowest BCUT2D eigenvalue weighted by Crippen LogP contribution is -2.39. The first-order valence-electron chi connectivity index (χ1n) is 5.71. The summed E-state index contributed by atoms with van der Waals surface area (Å²) in [7, 11) is 0. The van der Waals surface area contributed by atoms with Crippen LogP contribution >= 0.6 is 0 Å². The lowest BCUT2D eigenvalue weighted by molar-refractivity contribution is -0.154. The van der Waals surface area contributed by atoms with Crippen LogP contribution in [0, 0.1) is 0 Å². The largest absolute Gasteiger partial charge is 0.459 e. The monoisotopic (exact) mass is 213 g/mol. The molecule has 1 amide bonds. The maximum Gasteiger partial charge on any atom is 0.396 e. The molecule has 0 aromatic carbocycles. The van der Waals surface area contributed by atoms with Gasteiger partial charge in [-0.25, -0.2) is 4.79 Å². The summed E-state index contributed by atoms with van der Waals surface area (Å²) >= 11 is 0. The van der Waals surface area contributed by atoms with Crippen molar-refractivity contribution >= 4 is 11.9 Å². The van der Waals surface area contributed by atoms with Crippen molar-refractivity contribution in [3.8, 4) is 0 Å². The quantitative estimate of drug-likeness (QED) is 0.428. The average molecular weight is 213 g/mol. The van der Waals surface area contributed by atoms with Gasteiger partial charge in [0.15, 0.2) is 0 Å². The van der Waals surface area contributed by atoms with E-state index in [2.05, 4.69) is 10.1 Å². The number of carbonyl (C=O) groups excluding carboxylic acids is 2. The number of amides is 1. The number of ether oxygens (including phenoxy) is 1. The van der Waals surface area contributed by atoms with Crippen LogP contribution in [0.4, 0.5) is 0 Å².